The third-order valence-electron chi connectivity index (χ3n) is 3.29. The van der Waals surface area contributed by atoms with E-state index in [1.54, 1.807) is 6.07 Å². The minimum Gasteiger partial charge on any atom is -0.381 e. The summed E-state index contributed by atoms with van der Waals surface area (Å²) >= 11 is 6.18. The standard InChI is InChI=1S/C14H19ClN2O2/c1-17(2)13-4-3-11(9-12(13)15)16-14(18)10-5-7-19-8-6-10/h3-4,9-10H,5-8H2,1-2H3,(H,16,18). The molecule has 1 saturated heterocycles. The maximum absolute atomic E-state index is 12.1. The van der Waals surface area contributed by atoms with Gasteiger partial charge >= 0.3 is 0 Å². The van der Waals surface area contributed by atoms with Crippen LogP contribution in [-0.4, -0.2) is 33.2 Å². The second-order valence-corrected chi connectivity index (χ2v) is 5.34. The molecular formula is C14H19ClN2O2. The summed E-state index contributed by atoms with van der Waals surface area (Å²) in [6, 6.07) is 5.56. The molecule has 0 aromatic heterocycles. The molecule has 4 nitrogen and oxygen atoms in total. The van der Waals surface area contributed by atoms with E-state index in [4.69, 9.17) is 16.3 Å². The van der Waals surface area contributed by atoms with Crippen molar-refractivity contribution in [3.8, 4) is 0 Å². The Morgan fingerprint density at radius 3 is 2.63 bits per heavy atom. The van der Waals surface area contributed by atoms with E-state index in [0.717, 1.165) is 24.2 Å². The summed E-state index contributed by atoms with van der Waals surface area (Å²) in [5, 5.41) is 3.56. The molecule has 1 aliphatic heterocycles. The number of ether oxygens (including phenoxy) is 1. The third-order valence-corrected chi connectivity index (χ3v) is 3.59. The Morgan fingerprint density at radius 1 is 1.37 bits per heavy atom. The highest BCUT2D eigenvalue weighted by Crippen LogP contribution is 2.28. The lowest BCUT2D eigenvalue weighted by Gasteiger charge is -2.21. The predicted octanol–water partition coefficient (Wildman–Crippen LogP) is 2.77. The van der Waals surface area contributed by atoms with Gasteiger partial charge in [-0.1, -0.05) is 11.6 Å². The zero-order valence-corrected chi connectivity index (χ0v) is 12.0. The zero-order chi connectivity index (χ0) is 13.8. The number of nitrogens with zero attached hydrogens (tertiary/aromatic N) is 1. The predicted molar refractivity (Wildman–Crippen MR) is 78.0 cm³/mol. The zero-order valence-electron chi connectivity index (χ0n) is 11.3. The molecular weight excluding hydrogens is 264 g/mol. The van der Waals surface area contributed by atoms with Crippen LogP contribution < -0.4 is 10.2 Å². The Labute approximate surface area is 118 Å². The first-order valence-corrected chi connectivity index (χ1v) is 6.81. The molecule has 5 heteroatoms. The van der Waals surface area contributed by atoms with E-state index in [0.29, 0.717) is 18.2 Å². The van der Waals surface area contributed by atoms with Crippen LogP contribution in [0.4, 0.5) is 11.4 Å². The maximum Gasteiger partial charge on any atom is 0.227 e. The van der Waals surface area contributed by atoms with E-state index in [2.05, 4.69) is 5.32 Å². The van der Waals surface area contributed by atoms with Crippen LogP contribution in [0.15, 0.2) is 18.2 Å². The fourth-order valence-corrected chi connectivity index (χ4v) is 2.50. The summed E-state index contributed by atoms with van der Waals surface area (Å²) in [4.78, 5) is 14.0. The molecule has 1 N–H and O–H groups in total. The Bertz CT molecular complexity index is 457. The number of rotatable bonds is 3. The molecule has 19 heavy (non-hydrogen) atoms. The molecule has 0 aliphatic carbocycles. The minimum absolute atomic E-state index is 0.0426. The number of nitrogens with one attached hydrogen (secondary N) is 1. The van der Waals surface area contributed by atoms with Crippen LogP contribution in [0.1, 0.15) is 12.8 Å². The normalized spacial score (nSPS) is 16.2. The lowest BCUT2D eigenvalue weighted by molar-refractivity contribution is -0.122. The highest BCUT2D eigenvalue weighted by Gasteiger charge is 2.21. The molecule has 104 valence electrons. The van der Waals surface area contributed by atoms with Crippen LogP contribution in [0.25, 0.3) is 0 Å². The molecule has 1 aromatic rings. The van der Waals surface area contributed by atoms with Gasteiger partial charge in [-0.05, 0) is 31.0 Å². The molecule has 0 saturated carbocycles. The van der Waals surface area contributed by atoms with Crippen LogP contribution in [0.5, 0.6) is 0 Å². The maximum atomic E-state index is 12.1. The number of benzene rings is 1. The first-order chi connectivity index (χ1) is 9.08. The van der Waals surface area contributed by atoms with Gasteiger partial charge in [0.2, 0.25) is 5.91 Å². The number of halogens is 1. The van der Waals surface area contributed by atoms with E-state index in [1.165, 1.54) is 0 Å². The van der Waals surface area contributed by atoms with Crippen molar-refractivity contribution in [2.75, 3.05) is 37.5 Å². The number of anilines is 2. The summed E-state index contributed by atoms with van der Waals surface area (Å²) in [7, 11) is 3.86. The lowest BCUT2D eigenvalue weighted by Crippen LogP contribution is -2.28. The van der Waals surface area contributed by atoms with Crippen molar-refractivity contribution in [2.45, 2.75) is 12.8 Å². The molecule has 2 rings (SSSR count). The summed E-state index contributed by atoms with van der Waals surface area (Å²) in [5.74, 6) is 0.0954. The van der Waals surface area contributed by atoms with Gasteiger partial charge in [0.15, 0.2) is 0 Å². The monoisotopic (exact) mass is 282 g/mol. The highest BCUT2D eigenvalue weighted by molar-refractivity contribution is 6.33. The van der Waals surface area contributed by atoms with Gasteiger partial charge in [-0.15, -0.1) is 0 Å². The second kappa shape index (κ2) is 6.26. The Hall–Kier alpha value is -1.26. The summed E-state index contributed by atoms with van der Waals surface area (Å²) in [5.41, 5.74) is 1.68. The van der Waals surface area contributed by atoms with Crippen LogP contribution >= 0.6 is 11.6 Å². The highest BCUT2D eigenvalue weighted by atomic mass is 35.5. The quantitative estimate of drug-likeness (QED) is 0.927. The second-order valence-electron chi connectivity index (χ2n) is 4.94. The van der Waals surface area contributed by atoms with Gasteiger partial charge in [0, 0.05) is 38.9 Å². The van der Waals surface area contributed by atoms with E-state index < -0.39 is 0 Å². The largest absolute Gasteiger partial charge is 0.381 e. The fourth-order valence-electron chi connectivity index (χ4n) is 2.15. The number of carbonyl (C=O) groups is 1. The smallest absolute Gasteiger partial charge is 0.227 e. The SMILES string of the molecule is CN(C)c1ccc(NC(=O)C2CCOCC2)cc1Cl. The molecule has 1 heterocycles. The van der Waals surface area contributed by atoms with Gasteiger partial charge < -0.3 is 15.0 Å². The molecule has 0 unspecified atom stereocenters. The Morgan fingerprint density at radius 2 is 2.05 bits per heavy atom. The molecule has 0 atom stereocenters. The van der Waals surface area contributed by atoms with Gasteiger partial charge in [0.05, 0.1) is 10.7 Å². The molecule has 1 fully saturated rings. The number of hydrogen-bond donors (Lipinski definition) is 1. The average Bonchev–Trinajstić information content (AvgIpc) is 2.39. The summed E-state index contributed by atoms with van der Waals surface area (Å²) < 4.78 is 5.25. The number of amides is 1. The van der Waals surface area contributed by atoms with Gasteiger partial charge in [-0.3, -0.25) is 4.79 Å². The topological polar surface area (TPSA) is 41.6 Å². The lowest BCUT2D eigenvalue weighted by atomic mass is 9.99. The third kappa shape index (κ3) is 3.61. The van der Waals surface area contributed by atoms with Crippen molar-refractivity contribution in [3.05, 3.63) is 23.2 Å². The van der Waals surface area contributed by atoms with E-state index in [-0.39, 0.29) is 11.8 Å². The Balaban J connectivity index is 2.02. The van der Waals surface area contributed by atoms with E-state index in [1.807, 2.05) is 31.1 Å². The van der Waals surface area contributed by atoms with Crippen LogP contribution in [-0.2, 0) is 9.53 Å². The van der Waals surface area contributed by atoms with Gasteiger partial charge in [-0.2, -0.15) is 0 Å². The van der Waals surface area contributed by atoms with Crippen LogP contribution in [0.2, 0.25) is 5.02 Å². The van der Waals surface area contributed by atoms with Crippen LogP contribution in [0.3, 0.4) is 0 Å². The minimum atomic E-state index is 0.0426. The Kier molecular flexibility index (Phi) is 4.66. The first kappa shape index (κ1) is 14.2. The van der Waals surface area contributed by atoms with Crippen molar-refractivity contribution in [1.29, 1.82) is 0 Å². The molecule has 1 aliphatic rings. The van der Waals surface area contributed by atoms with Gasteiger partial charge in [0.1, 0.15) is 0 Å². The van der Waals surface area contributed by atoms with Crippen LogP contribution in [0, 0.1) is 5.92 Å². The molecule has 1 aromatic carbocycles. The van der Waals surface area contributed by atoms with Crippen molar-refractivity contribution in [2.24, 2.45) is 5.92 Å². The van der Waals surface area contributed by atoms with Gasteiger partial charge in [0.25, 0.3) is 0 Å². The number of hydrogen-bond acceptors (Lipinski definition) is 3. The van der Waals surface area contributed by atoms with Crippen molar-refractivity contribution >= 4 is 28.9 Å². The molecule has 0 spiro atoms. The average molecular weight is 283 g/mol. The van der Waals surface area contributed by atoms with Crippen molar-refractivity contribution in [3.63, 3.8) is 0 Å². The van der Waals surface area contributed by atoms with Crippen molar-refractivity contribution < 1.29 is 9.53 Å². The van der Waals surface area contributed by atoms with E-state index >= 15 is 0 Å². The van der Waals surface area contributed by atoms with E-state index in [9.17, 15) is 4.79 Å². The summed E-state index contributed by atoms with van der Waals surface area (Å²) in [6.45, 7) is 1.33. The molecule has 0 bridgehead atoms. The summed E-state index contributed by atoms with van der Waals surface area (Å²) in [6.07, 6.45) is 1.57. The number of carbonyl (C=O) groups excluding carboxylic acids is 1. The first-order valence-electron chi connectivity index (χ1n) is 6.43. The van der Waals surface area contributed by atoms with Crippen molar-refractivity contribution in [1.82, 2.24) is 0 Å². The fraction of sp³-hybridized carbons (Fsp3) is 0.500. The molecule has 0 radical (unpaired) electrons. The molecule has 1 amide bonds. The van der Waals surface area contributed by atoms with Gasteiger partial charge in [-0.25, -0.2) is 0 Å².